The van der Waals surface area contributed by atoms with Crippen LogP contribution in [0.1, 0.15) is 29.3 Å². The van der Waals surface area contributed by atoms with E-state index in [0.717, 1.165) is 0 Å². The molecule has 4 N–H and O–H groups in total. The zero-order chi connectivity index (χ0) is 25.0. The van der Waals surface area contributed by atoms with Gasteiger partial charge >= 0.3 is 0 Å². The number of ether oxygens (including phenoxy) is 1. The van der Waals surface area contributed by atoms with Crippen LogP contribution in [0, 0.1) is 0 Å². The van der Waals surface area contributed by atoms with Crippen molar-refractivity contribution < 1.29 is 19.4 Å². The number of aliphatic hydroxyl groups is 1. The van der Waals surface area contributed by atoms with Gasteiger partial charge in [0.15, 0.2) is 5.78 Å². The minimum atomic E-state index is -1.22. The maximum absolute atomic E-state index is 13.6. The Morgan fingerprint density at radius 3 is 2.60 bits per heavy atom. The fourth-order valence-electron chi connectivity index (χ4n) is 3.75. The average molecular weight is 493 g/mol. The van der Waals surface area contributed by atoms with Gasteiger partial charge in [0.2, 0.25) is 0 Å². The molecule has 0 saturated heterocycles. The van der Waals surface area contributed by atoms with Gasteiger partial charge < -0.3 is 30.3 Å². The quantitative estimate of drug-likeness (QED) is 0.181. The molecule has 0 radical (unpaired) electrons. The van der Waals surface area contributed by atoms with Crippen molar-refractivity contribution in [1.82, 2.24) is 9.97 Å². The number of hydrogen-bond acceptors (Lipinski definition) is 7. The molecule has 9 heteroatoms. The lowest BCUT2D eigenvalue weighted by Crippen LogP contribution is -2.43. The van der Waals surface area contributed by atoms with Gasteiger partial charge in [-0.15, -0.1) is 0 Å². The maximum atomic E-state index is 13.6. The van der Waals surface area contributed by atoms with E-state index in [2.05, 4.69) is 20.6 Å². The summed E-state index contributed by atoms with van der Waals surface area (Å²) in [7, 11) is 1.71. The predicted octanol–water partition coefficient (Wildman–Crippen LogP) is 5.03. The van der Waals surface area contributed by atoms with E-state index >= 15 is 0 Å². The Kier molecular flexibility index (Phi) is 7.04. The average Bonchev–Trinajstić information content (AvgIpc) is 3.32. The molecule has 180 valence electrons. The van der Waals surface area contributed by atoms with Crippen LogP contribution in [0.25, 0.3) is 11.0 Å². The van der Waals surface area contributed by atoms with Crippen molar-refractivity contribution in [1.29, 1.82) is 0 Å². The number of fused-ring (bicyclic) bond motifs is 1. The third-order valence-electron chi connectivity index (χ3n) is 5.89. The van der Waals surface area contributed by atoms with Crippen LogP contribution in [0.2, 0.25) is 5.02 Å². The molecule has 0 aliphatic heterocycles. The molecule has 0 amide bonds. The summed E-state index contributed by atoms with van der Waals surface area (Å²) in [5.74, 6) is 0.821. The van der Waals surface area contributed by atoms with E-state index in [0.29, 0.717) is 52.2 Å². The number of nitrogens with zero attached hydrogens (tertiary/aromatic N) is 1. The van der Waals surface area contributed by atoms with Crippen molar-refractivity contribution in [3.63, 3.8) is 0 Å². The number of H-pyrrole nitrogens is 1. The van der Waals surface area contributed by atoms with Crippen LogP contribution in [-0.2, 0) is 4.79 Å². The van der Waals surface area contributed by atoms with E-state index < -0.39 is 12.1 Å². The molecule has 0 aliphatic carbocycles. The van der Waals surface area contributed by atoms with Gasteiger partial charge in [0.05, 0.1) is 40.2 Å². The molecule has 0 aliphatic rings. The largest absolute Gasteiger partial charge is 0.457 e. The number of aromatic amines is 1. The first-order chi connectivity index (χ1) is 16.9. The molecule has 0 fully saturated rings. The minimum absolute atomic E-state index is 0.233. The highest BCUT2D eigenvalue weighted by atomic mass is 35.5. The van der Waals surface area contributed by atoms with Gasteiger partial charge in [-0.25, -0.2) is 4.98 Å². The first-order valence-electron chi connectivity index (χ1n) is 11.1. The number of aromatic nitrogens is 2. The zero-order valence-corrected chi connectivity index (χ0v) is 20.0. The van der Waals surface area contributed by atoms with Crippen molar-refractivity contribution in [3.8, 4) is 11.5 Å². The number of carbonyl (C=O) groups is 2. The SMILES string of the molecule is CCC(C=O)(CO)Nc1c(NC)cnc2[nH]cc(C(=O)c3ccc(Oc4ccccc4)cc3Cl)c12. The van der Waals surface area contributed by atoms with Crippen LogP contribution in [-0.4, -0.2) is 46.3 Å². The molecule has 35 heavy (non-hydrogen) atoms. The highest BCUT2D eigenvalue weighted by Crippen LogP contribution is 2.37. The molecule has 0 saturated carbocycles. The molecule has 4 rings (SSSR count). The van der Waals surface area contributed by atoms with E-state index in [1.165, 1.54) is 0 Å². The summed E-state index contributed by atoms with van der Waals surface area (Å²) in [6.07, 6.45) is 4.15. The smallest absolute Gasteiger partial charge is 0.196 e. The second-order valence-electron chi connectivity index (χ2n) is 8.02. The van der Waals surface area contributed by atoms with Crippen molar-refractivity contribution in [2.24, 2.45) is 0 Å². The van der Waals surface area contributed by atoms with Crippen LogP contribution in [0.15, 0.2) is 60.9 Å². The number of aldehydes is 1. The molecular formula is C26H25ClN4O4. The molecule has 2 aromatic heterocycles. The van der Waals surface area contributed by atoms with E-state index in [4.69, 9.17) is 16.3 Å². The first-order valence-corrected chi connectivity index (χ1v) is 11.4. The van der Waals surface area contributed by atoms with Gasteiger partial charge in [0, 0.05) is 24.9 Å². The maximum Gasteiger partial charge on any atom is 0.196 e. The van der Waals surface area contributed by atoms with E-state index in [1.54, 1.807) is 44.6 Å². The summed E-state index contributed by atoms with van der Waals surface area (Å²) < 4.78 is 5.81. The van der Waals surface area contributed by atoms with Crippen molar-refractivity contribution in [3.05, 3.63) is 77.1 Å². The van der Waals surface area contributed by atoms with Crippen LogP contribution in [0.3, 0.4) is 0 Å². The lowest BCUT2D eigenvalue weighted by atomic mass is 9.97. The first kappa shape index (κ1) is 24.3. The molecule has 1 unspecified atom stereocenters. The van der Waals surface area contributed by atoms with Crippen molar-refractivity contribution in [2.75, 3.05) is 24.3 Å². The Bertz CT molecular complexity index is 1370. The molecule has 2 heterocycles. The number of nitrogens with one attached hydrogen (secondary N) is 3. The predicted molar refractivity (Wildman–Crippen MR) is 137 cm³/mol. The minimum Gasteiger partial charge on any atom is -0.457 e. The second kappa shape index (κ2) is 10.2. The number of anilines is 2. The molecular weight excluding hydrogens is 468 g/mol. The number of hydrogen-bond donors (Lipinski definition) is 4. The van der Waals surface area contributed by atoms with Crippen LogP contribution < -0.4 is 15.4 Å². The van der Waals surface area contributed by atoms with E-state index in [9.17, 15) is 14.7 Å². The van der Waals surface area contributed by atoms with Gasteiger partial charge in [-0.2, -0.15) is 0 Å². The van der Waals surface area contributed by atoms with Crippen molar-refractivity contribution in [2.45, 2.75) is 18.9 Å². The second-order valence-corrected chi connectivity index (χ2v) is 8.43. The lowest BCUT2D eigenvalue weighted by molar-refractivity contribution is -0.112. The Hall–Kier alpha value is -3.88. The van der Waals surface area contributed by atoms with E-state index in [1.807, 2.05) is 30.3 Å². The topological polar surface area (TPSA) is 116 Å². The van der Waals surface area contributed by atoms with Crippen LogP contribution in [0.5, 0.6) is 11.5 Å². The highest BCUT2D eigenvalue weighted by Gasteiger charge is 2.30. The van der Waals surface area contributed by atoms with E-state index in [-0.39, 0.29) is 16.4 Å². The van der Waals surface area contributed by atoms with Gasteiger partial charge in [0.1, 0.15) is 29.0 Å². The fourth-order valence-corrected chi connectivity index (χ4v) is 4.00. The van der Waals surface area contributed by atoms with Gasteiger partial charge in [0.25, 0.3) is 0 Å². The molecule has 8 nitrogen and oxygen atoms in total. The van der Waals surface area contributed by atoms with Crippen LogP contribution >= 0.6 is 11.6 Å². The summed E-state index contributed by atoms with van der Waals surface area (Å²) in [5.41, 5.74) is 0.879. The third-order valence-corrected chi connectivity index (χ3v) is 6.20. The summed E-state index contributed by atoms with van der Waals surface area (Å²) in [6, 6.07) is 14.1. The monoisotopic (exact) mass is 492 g/mol. The zero-order valence-electron chi connectivity index (χ0n) is 19.3. The summed E-state index contributed by atoms with van der Waals surface area (Å²) >= 11 is 6.50. The highest BCUT2D eigenvalue weighted by molar-refractivity contribution is 6.36. The number of pyridine rings is 1. The Labute approximate surface area is 207 Å². The van der Waals surface area contributed by atoms with Crippen molar-refractivity contribution >= 4 is 46.1 Å². The Morgan fingerprint density at radius 1 is 1.20 bits per heavy atom. The summed E-state index contributed by atoms with van der Waals surface area (Å²) in [4.78, 5) is 32.9. The molecule has 2 aromatic carbocycles. The summed E-state index contributed by atoms with van der Waals surface area (Å²) in [5, 5.41) is 16.8. The third kappa shape index (κ3) is 4.71. The standard InChI is InChI=1S/C26H25ClN4O4/c1-3-26(14-32,15-33)31-23-21(28-2)13-30-25-22(23)19(12-29-25)24(34)18-10-9-17(11-20(18)27)35-16-7-5-4-6-8-16/h4-14,28,33H,3,15H2,1-2H3,(H2,29,30,31). The Balaban J connectivity index is 1.76. The number of rotatable bonds is 10. The number of halogens is 1. The number of carbonyl (C=O) groups excluding carboxylic acids is 2. The lowest BCUT2D eigenvalue weighted by Gasteiger charge is -2.28. The van der Waals surface area contributed by atoms with Gasteiger partial charge in [-0.3, -0.25) is 4.79 Å². The van der Waals surface area contributed by atoms with Gasteiger partial charge in [-0.1, -0.05) is 36.7 Å². The number of benzene rings is 2. The molecule has 0 spiro atoms. The molecule has 0 bridgehead atoms. The fraction of sp³-hybridized carbons (Fsp3) is 0.192. The van der Waals surface area contributed by atoms with Gasteiger partial charge in [-0.05, 0) is 30.7 Å². The summed E-state index contributed by atoms with van der Waals surface area (Å²) in [6.45, 7) is 1.37. The molecule has 4 aromatic rings. The Morgan fingerprint density at radius 2 is 1.97 bits per heavy atom. The number of para-hydroxylation sites is 1. The van der Waals surface area contributed by atoms with Crippen LogP contribution in [0.4, 0.5) is 11.4 Å². The number of ketones is 1. The normalized spacial score (nSPS) is 12.7. The number of aliphatic hydroxyl groups excluding tert-OH is 1. The molecule has 1 atom stereocenters.